The van der Waals surface area contributed by atoms with Gasteiger partial charge in [-0.15, -0.1) is 11.3 Å². The Morgan fingerprint density at radius 1 is 1.04 bits per heavy atom. The molecule has 0 aliphatic carbocycles. The Morgan fingerprint density at radius 3 is 2.56 bits per heavy atom. The molecule has 0 unspecified atom stereocenters. The first-order valence-electron chi connectivity index (χ1n) is 8.43. The van der Waals surface area contributed by atoms with E-state index in [-0.39, 0.29) is 24.8 Å². The fourth-order valence-electron chi connectivity index (χ4n) is 2.44. The van der Waals surface area contributed by atoms with Crippen molar-refractivity contribution in [3.63, 3.8) is 0 Å². The molecule has 0 spiro atoms. The Bertz CT molecular complexity index is 928. The van der Waals surface area contributed by atoms with Crippen LogP contribution in [0.4, 0.5) is 5.13 Å². The first kappa shape index (κ1) is 19.1. The smallest absolute Gasteiger partial charge is 0.251 e. The van der Waals surface area contributed by atoms with Crippen molar-refractivity contribution < 1.29 is 9.59 Å². The van der Waals surface area contributed by atoms with Crippen LogP contribution in [0.25, 0.3) is 0 Å². The second-order valence-electron chi connectivity index (χ2n) is 5.82. The number of nitrogens with zero attached hydrogens (tertiary/aromatic N) is 1. The number of nitrogens with one attached hydrogen (secondary N) is 2. The molecule has 138 valence electrons. The number of hydrogen-bond donors (Lipinski definition) is 2. The predicted octanol–water partition coefficient (Wildman–Crippen LogP) is 4.15. The van der Waals surface area contributed by atoms with E-state index in [0.717, 1.165) is 10.4 Å². The van der Waals surface area contributed by atoms with Gasteiger partial charge in [-0.3, -0.25) is 9.59 Å². The van der Waals surface area contributed by atoms with Crippen molar-refractivity contribution in [2.45, 2.75) is 12.8 Å². The maximum absolute atomic E-state index is 12.0. The van der Waals surface area contributed by atoms with Crippen LogP contribution in [0, 0.1) is 0 Å². The fraction of sp³-hybridized carbons (Fsp3) is 0.150. The zero-order chi connectivity index (χ0) is 19.1. The average Bonchev–Trinajstić information content (AvgIpc) is 3.11. The molecule has 0 bridgehead atoms. The van der Waals surface area contributed by atoms with Crippen molar-refractivity contribution in [1.29, 1.82) is 0 Å². The van der Waals surface area contributed by atoms with E-state index in [1.165, 1.54) is 11.3 Å². The molecule has 0 atom stereocenters. The number of amides is 2. The third kappa shape index (κ3) is 5.64. The van der Waals surface area contributed by atoms with Gasteiger partial charge in [0.05, 0.1) is 0 Å². The normalized spacial score (nSPS) is 10.4. The average molecular weight is 400 g/mol. The lowest BCUT2D eigenvalue weighted by molar-refractivity contribution is -0.116. The minimum absolute atomic E-state index is 0.179. The molecule has 1 heterocycles. The first-order valence-corrected chi connectivity index (χ1v) is 9.62. The summed E-state index contributed by atoms with van der Waals surface area (Å²) in [5.41, 5.74) is 1.59. The summed E-state index contributed by atoms with van der Waals surface area (Å²) in [7, 11) is 0. The molecular weight excluding hydrogens is 382 g/mol. The third-order valence-corrected chi connectivity index (χ3v) is 5.08. The van der Waals surface area contributed by atoms with Crippen LogP contribution in [0.3, 0.4) is 0 Å². The number of carbonyl (C=O) groups excluding carboxylic acids is 2. The number of hydrogen-bond acceptors (Lipinski definition) is 4. The van der Waals surface area contributed by atoms with Crippen LogP contribution in [-0.2, 0) is 11.2 Å². The van der Waals surface area contributed by atoms with Crippen molar-refractivity contribution in [2.24, 2.45) is 0 Å². The summed E-state index contributed by atoms with van der Waals surface area (Å²) >= 11 is 7.58. The highest BCUT2D eigenvalue weighted by Crippen LogP contribution is 2.24. The summed E-state index contributed by atoms with van der Waals surface area (Å²) in [6, 6.07) is 16.5. The third-order valence-electron chi connectivity index (χ3n) is 3.80. The molecule has 3 aromatic rings. The number of thiazole rings is 1. The standard InChI is InChI=1S/C20H18ClN3O2S/c21-17-9-5-4-8-15(17)12-16-13-23-20(27-16)24-18(25)10-11-22-19(26)14-6-2-1-3-7-14/h1-9,13H,10-12H2,(H,22,26)(H,23,24,25). The molecule has 0 fully saturated rings. The Balaban J connectivity index is 1.45. The SMILES string of the molecule is O=C(CCNC(=O)c1ccccc1)Nc1ncc(Cc2ccccc2Cl)s1. The second kappa shape index (κ2) is 9.30. The van der Waals surface area contributed by atoms with E-state index in [2.05, 4.69) is 15.6 Å². The highest BCUT2D eigenvalue weighted by Gasteiger charge is 2.10. The summed E-state index contributed by atoms with van der Waals surface area (Å²) in [5.74, 6) is -0.387. The highest BCUT2D eigenvalue weighted by molar-refractivity contribution is 7.15. The number of anilines is 1. The van der Waals surface area contributed by atoms with Crippen LogP contribution in [0.1, 0.15) is 27.2 Å². The molecule has 2 aromatic carbocycles. The van der Waals surface area contributed by atoms with Gasteiger partial charge in [-0.1, -0.05) is 48.0 Å². The molecule has 2 N–H and O–H groups in total. The summed E-state index contributed by atoms with van der Waals surface area (Å²) in [5, 5.41) is 6.74. The maximum Gasteiger partial charge on any atom is 0.251 e. The van der Waals surface area contributed by atoms with E-state index in [9.17, 15) is 9.59 Å². The summed E-state index contributed by atoms with van der Waals surface area (Å²) in [6.07, 6.45) is 2.58. The van der Waals surface area contributed by atoms with Gasteiger partial charge in [0.1, 0.15) is 0 Å². The lowest BCUT2D eigenvalue weighted by Gasteiger charge is -2.05. The molecule has 7 heteroatoms. The van der Waals surface area contributed by atoms with Gasteiger partial charge >= 0.3 is 0 Å². The van der Waals surface area contributed by atoms with E-state index in [1.807, 2.05) is 30.3 Å². The minimum atomic E-state index is -0.195. The van der Waals surface area contributed by atoms with Gasteiger partial charge in [-0.05, 0) is 23.8 Å². The van der Waals surface area contributed by atoms with Gasteiger partial charge in [-0.2, -0.15) is 0 Å². The molecule has 2 amide bonds. The molecular formula is C20H18ClN3O2S. The van der Waals surface area contributed by atoms with E-state index in [1.54, 1.807) is 30.5 Å². The Hall–Kier alpha value is -2.70. The van der Waals surface area contributed by atoms with Crippen molar-refractivity contribution in [3.05, 3.63) is 81.8 Å². The van der Waals surface area contributed by atoms with E-state index >= 15 is 0 Å². The fourth-order valence-corrected chi connectivity index (χ4v) is 3.49. The van der Waals surface area contributed by atoms with Gasteiger partial charge in [0.2, 0.25) is 5.91 Å². The Morgan fingerprint density at radius 2 is 1.78 bits per heavy atom. The second-order valence-corrected chi connectivity index (χ2v) is 7.34. The Kier molecular flexibility index (Phi) is 6.57. The number of rotatable bonds is 7. The van der Waals surface area contributed by atoms with Gasteiger partial charge in [0, 0.05) is 41.0 Å². The molecule has 0 saturated carbocycles. The summed E-state index contributed by atoms with van der Waals surface area (Å²) in [4.78, 5) is 29.2. The molecule has 1 aromatic heterocycles. The molecule has 0 aliphatic rings. The van der Waals surface area contributed by atoms with Gasteiger partial charge < -0.3 is 10.6 Å². The van der Waals surface area contributed by atoms with Crippen LogP contribution in [-0.4, -0.2) is 23.3 Å². The van der Waals surface area contributed by atoms with Crippen LogP contribution in [0.2, 0.25) is 5.02 Å². The minimum Gasteiger partial charge on any atom is -0.352 e. The number of carbonyl (C=O) groups is 2. The van der Waals surface area contributed by atoms with Gasteiger partial charge in [0.15, 0.2) is 5.13 Å². The highest BCUT2D eigenvalue weighted by atomic mass is 35.5. The molecule has 0 radical (unpaired) electrons. The molecule has 0 aliphatic heterocycles. The Labute approximate surface area is 166 Å². The predicted molar refractivity (Wildman–Crippen MR) is 108 cm³/mol. The van der Waals surface area contributed by atoms with E-state index in [4.69, 9.17) is 11.6 Å². The number of benzene rings is 2. The van der Waals surface area contributed by atoms with Crippen LogP contribution < -0.4 is 10.6 Å². The largest absolute Gasteiger partial charge is 0.352 e. The van der Waals surface area contributed by atoms with Crippen LogP contribution in [0.5, 0.6) is 0 Å². The van der Waals surface area contributed by atoms with Crippen molar-refractivity contribution >= 4 is 39.9 Å². The van der Waals surface area contributed by atoms with Crippen molar-refractivity contribution in [2.75, 3.05) is 11.9 Å². The lowest BCUT2D eigenvalue weighted by atomic mass is 10.1. The molecule has 0 saturated heterocycles. The van der Waals surface area contributed by atoms with E-state index in [0.29, 0.717) is 22.1 Å². The molecule has 5 nitrogen and oxygen atoms in total. The monoisotopic (exact) mass is 399 g/mol. The molecule has 27 heavy (non-hydrogen) atoms. The number of aromatic nitrogens is 1. The van der Waals surface area contributed by atoms with Crippen LogP contribution in [0.15, 0.2) is 60.8 Å². The summed E-state index contributed by atoms with van der Waals surface area (Å²) in [6.45, 7) is 0.261. The number of halogens is 1. The summed E-state index contributed by atoms with van der Waals surface area (Å²) < 4.78 is 0. The van der Waals surface area contributed by atoms with E-state index < -0.39 is 0 Å². The zero-order valence-electron chi connectivity index (χ0n) is 14.4. The topological polar surface area (TPSA) is 71.1 Å². The van der Waals surface area contributed by atoms with Gasteiger partial charge in [0.25, 0.3) is 5.91 Å². The zero-order valence-corrected chi connectivity index (χ0v) is 16.0. The quantitative estimate of drug-likeness (QED) is 0.627. The van der Waals surface area contributed by atoms with Crippen LogP contribution >= 0.6 is 22.9 Å². The van der Waals surface area contributed by atoms with Gasteiger partial charge in [-0.25, -0.2) is 4.98 Å². The lowest BCUT2D eigenvalue weighted by Crippen LogP contribution is -2.27. The molecule has 3 rings (SSSR count). The van der Waals surface area contributed by atoms with Crippen molar-refractivity contribution in [1.82, 2.24) is 10.3 Å². The maximum atomic E-state index is 12.0. The first-order chi connectivity index (χ1) is 13.1. The van der Waals surface area contributed by atoms with Crippen molar-refractivity contribution in [3.8, 4) is 0 Å².